The zero-order valence-corrected chi connectivity index (χ0v) is 23.5. The first-order chi connectivity index (χ1) is 17.1. The minimum absolute atomic E-state index is 0.00523. The third-order valence-corrected chi connectivity index (χ3v) is 8.07. The van der Waals surface area contributed by atoms with Crippen LogP contribution in [0.15, 0.2) is 17.1 Å². The number of nitrogens with zero attached hydrogens (tertiary/aromatic N) is 1. The van der Waals surface area contributed by atoms with Crippen molar-refractivity contribution in [1.29, 1.82) is 0 Å². The van der Waals surface area contributed by atoms with Crippen LogP contribution >= 0.6 is 19.2 Å². The third-order valence-electron chi connectivity index (χ3n) is 6.41. The molecule has 1 saturated heterocycles. The van der Waals surface area contributed by atoms with E-state index in [9.17, 15) is 9.46 Å². The summed E-state index contributed by atoms with van der Waals surface area (Å²) >= 11 is 1.55. The lowest BCUT2D eigenvalue weighted by Crippen LogP contribution is -2.32. The number of hydrogen-bond acceptors (Lipinski definition) is 6. The molecule has 1 aliphatic rings. The average Bonchev–Trinajstić information content (AvgIpc) is 3.52. The normalized spacial score (nSPS) is 19.8. The molecule has 0 bridgehead atoms. The maximum absolute atomic E-state index is 12.0. The van der Waals surface area contributed by atoms with Gasteiger partial charge in [-0.25, -0.2) is 4.57 Å². The quantitative estimate of drug-likeness (QED) is 0.0911. The van der Waals surface area contributed by atoms with E-state index in [2.05, 4.69) is 6.92 Å². The van der Waals surface area contributed by atoms with Gasteiger partial charge in [0, 0.05) is 0 Å². The number of hydrogen-bond donors (Lipinski definition) is 1. The van der Waals surface area contributed by atoms with Gasteiger partial charge in [-0.15, -0.1) is 0 Å². The van der Waals surface area contributed by atoms with E-state index >= 15 is 0 Å². The van der Waals surface area contributed by atoms with Crippen molar-refractivity contribution in [2.45, 2.75) is 129 Å². The number of ether oxygens (including phenoxy) is 2. The highest BCUT2D eigenvalue weighted by Crippen LogP contribution is 2.43. The summed E-state index contributed by atoms with van der Waals surface area (Å²) in [5, 5.41) is 1.93. The zero-order valence-electron chi connectivity index (χ0n) is 21.8. The van der Waals surface area contributed by atoms with Gasteiger partial charge < -0.3 is 14.4 Å². The Labute approximate surface area is 217 Å². The number of phosphoric ester groups is 1. The number of thiazole rings is 1. The molecule has 9 heteroatoms. The maximum Gasteiger partial charge on any atom is 0.472 e. The molecule has 0 aromatic carbocycles. The first-order valence-corrected chi connectivity index (χ1v) is 16.3. The van der Waals surface area contributed by atoms with E-state index in [1.165, 1.54) is 89.9 Å². The predicted molar refractivity (Wildman–Crippen MR) is 140 cm³/mol. The van der Waals surface area contributed by atoms with E-state index in [4.69, 9.17) is 18.5 Å². The van der Waals surface area contributed by atoms with Crippen molar-refractivity contribution in [2.24, 2.45) is 0 Å². The standard InChI is InChI=1S/C26H48NO6PS/c1-2-3-4-5-6-7-8-9-10-11-12-13-14-15-16-17-26-30-22-25(33-26)23-32-34(28,29)31-20-18-27-19-21-35-24-27/h19,21,24-26H,2-18,20,22-23H2,1H3/p+1/t25-,26+/m1/s1. The van der Waals surface area contributed by atoms with Gasteiger partial charge in [-0.1, -0.05) is 108 Å². The summed E-state index contributed by atoms with van der Waals surface area (Å²) < 4.78 is 35.5. The number of aromatic nitrogens is 1. The first-order valence-electron chi connectivity index (χ1n) is 13.9. The second kappa shape index (κ2) is 19.7. The molecule has 204 valence electrons. The Hall–Kier alpha value is -0.340. The van der Waals surface area contributed by atoms with E-state index < -0.39 is 7.82 Å². The van der Waals surface area contributed by atoms with Crippen molar-refractivity contribution in [2.75, 3.05) is 19.8 Å². The summed E-state index contributed by atoms with van der Waals surface area (Å²) in [4.78, 5) is 9.83. The van der Waals surface area contributed by atoms with Crippen LogP contribution in [0.25, 0.3) is 0 Å². The molecule has 1 aromatic heterocycles. The molecule has 3 atom stereocenters. The molecular weight excluding hydrogens is 485 g/mol. The summed E-state index contributed by atoms with van der Waals surface area (Å²) in [7, 11) is -4.08. The van der Waals surface area contributed by atoms with Gasteiger partial charge in [0.25, 0.3) is 0 Å². The van der Waals surface area contributed by atoms with Gasteiger partial charge in [0.05, 0.1) is 18.6 Å². The summed E-state index contributed by atoms with van der Waals surface area (Å²) in [6.07, 6.45) is 22.4. The highest BCUT2D eigenvalue weighted by molar-refractivity contribution is 7.47. The van der Waals surface area contributed by atoms with Crippen LogP contribution < -0.4 is 4.57 Å². The fourth-order valence-electron chi connectivity index (χ4n) is 4.29. The summed E-state index contributed by atoms with van der Waals surface area (Å²) in [6, 6.07) is 0. The Morgan fingerprint density at radius 3 is 2.11 bits per heavy atom. The Morgan fingerprint density at radius 1 is 0.943 bits per heavy atom. The second-order valence-electron chi connectivity index (χ2n) is 9.62. The predicted octanol–water partition coefficient (Wildman–Crippen LogP) is 7.17. The van der Waals surface area contributed by atoms with Crippen LogP contribution in [0, 0.1) is 0 Å². The molecule has 1 unspecified atom stereocenters. The van der Waals surface area contributed by atoms with Gasteiger partial charge in [-0.2, -0.15) is 4.57 Å². The number of rotatable bonds is 23. The van der Waals surface area contributed by atoms with Crippen LogP contribution in [-0.4, -0.2) is 37.1 Å². The minimum Gasteiger partial charge on any atom is -0.350 e. The molecule has 0 amide bonds. The molecule has 1 N–H and O–H groups in total. The highest BCUT2D eigenvalue weighted by atomic mass is 32.1. The van der Waals surface area contributed by atoms with Crippen LogP contribution in [-0.2, 0) is 29.6 Å². The summed E-state index contributed by atoms with van der Waals surface area (Å²) in [5.74, 6) is 0. The number of phosphoric acid groups is 1. The van der Waals surface area contributed by atoms with Crippen LogP contribution in [0.1, 0.15) is 110 Å². The van der Waals surface area contributed by atoms with E-state index in [0.29, 0.717) is 13.2 Å². The van der Waals surface area contributed by atoms with Gasteiger partial charge in [0.2, 0.25) is 5.51 Å². The summed E-state index contributed by atoms with van der Waals surface area (Å²) in [6.45, 7) is 3.26. The largest absolute Gasteiger partial charge is 0.472 e. The van der Waals surface area contributed by atoms with Crippen molar-refractivity contribution in [3.63, 3.8) is 0 Å². The first kappa shape index (κ1) is 30.9. The molecule has 7 nitrogen and oxygen atoms in total. The van der Waals surface area contributed by atoms with Crippen LogP contribution in [0.5, 0.6) is 0 Å². The Balaban J connectivity index is 1.35. The van der Waals surface area contributed by atoms with Crippen LogP contribution in [0.2, 0.25) is 0 Å². The Morgan fingerprint density at radius 2 is 1.54 bits per heavy atom. The average molecular weight is 535 g/mol. The van der Waals surface area contributed by atoms with Gasteiger partial charge in [0.15, 0.2) is 19.0 Å². The molecule has 0 radical (unpaired) electrons. The van der Waals surface area contributed by atoms with E-state index in [-0.39, 0.29) is 25.6 Å². The highest BCUT2D eigenvalue weighted by Gasteiger charge is 2.30. The molecule has 2 heterocycles. The molecule has 0 saturated carbocycles. The van der Waals surface area contributed by atoms with Crippen molar-refractivity contribution in [3.8, 4) is 0 Å². The molecule has 0 aliphatic carbocycles. The molecule has 1 aliphatic heterocycles. The van der Waals surface area contributed by atoms with Crippen LogP contribution in [0.3, 0.4) is 0 Å². The van der Waals surface area contributed by atoms with Gasteiger partial charge >= 0.3 is 7.82 Å². The Bertz CT molecular complexity index is 662. The van der Waals surface area contributed by atoms with Crippen LogP contribution in [0.4, 0.5) is 0 Å². The SMILES string of the molecule is CCCCCCCCCCCCCCCCC[C@H]1OC[C@H](COP(=O)(O)OCC[n+]2ccsc2)O1. The Kier molecular flexibility index (Phi) is 17.4. The van der Waals surface area contributed by atoms with E-state index in [1.54, 1.807) is 11.3 Å². The smallest absolute Gasteiger partial charge is 0.350 e. The fraction of sp³-hybridized carbons (Fsp3) is 0.885. The summed E-state index contributed by atoms with van der Waals surface area (Å²) in [5.41, 5.74) is 1.91. The monoisotopic (exact) mass is 534 g/mol. The van der Waals surface area contributed by atoms with Gasteiger partial charge in [-0.3, -0.25) is 9.05 Å². The second-order valence-corrected chi connectivity index (χ2v) is 11.8. The lowest BCUT2D eigenvalue weighted by atomic mass is 10.0. The molecule has 1 aromatic rings. The van der Waals surface area contributed by atoms with Crippen molar-refractivity contribution in [1.82, 2.24) is 0 Å². The molecule has 2 rings (SSSR count). The minimum atomic E-state index is -4.08. The lowest BCUT2D eigenvalue weighted by molar-refractivity contribution is -0.693. The third kappa shape index (κ3) is 16.2. The zero-order chi connectivity index (χ0) is 25.0. The lowest BCUT2D eigenvalue weighted by Gasteiger charge is -2.14. The van der Waals surface area contributed by atoms with E-state index in [0.717, 1.165) is 12.8 Å². The topological polar surface area (TPSA) is 78.1 Å². The van der Waals surface area contributed by atoms with Crippen molar-refractivity contribution >= 4 is 19.2 Å². The molecular formula is C26H49NO6PS+. The maximum atomic E-state index is 12.0. The fourth-order valence-corrected chi connectivity index (χ4v) is 5.66. The molecule has 35 heavy (non-hydrogen) atoms. The van der Waals surface area contributed by atoms with Gasteiger partial charge in [-0.05, 0) is 12.8 Å². The van der Waals surface area contributed by atoms with E-state index in [1.807, 2.05) is 21.7 Å². The van der Waals surface area contributed by atoms with Gasteiger partial charge in [0.1, 0.15) is 12.7 Å². The number of unbranched alkanes of at least 4 members (excludes halogenated alkanes) is 14. The van der Waals surface area contributed by atoms with Crippen molar-refractivity contribution in [3.05, 3.63) is 17.1 Å². The van der Waals surface area contributed by atoms with Crippen molar-refractivity contribution < 1.29 is 32.5 Å². The molecule has 1 fully saturated rings. The molecule has 0 spiro atoms.